The Labute approximate surface area is 243 Å². The number of aromatic nitrogens is 4. The van der Waals surface area contributed by atoms with Gasteiger partial charge in [-0.3, -0.25) is 4.79 Å². The Morgan fingerprint density at radius 1 is 0.953 bits per heavy atom. The van der Waals surface area contributed by atoms with Crippen LogP contribution in [0.5, 0.6) is 0 Å². The molecule has 9 rings (SSSR count). The molecule has 43 heavy (non-hydrogen) atoms. The van der Waals surface area contributed by atoms with E-state index in [2.05, 4.69) is 20.1 Å². The summed E-state index contributed by atoms with van der Waals surface area (Å²) in [6.45, 7) is 0.417. The highest BCUT2D eigenvalue weighted by Gasteiger charge is 2.69. The van der Waals surface area contributed by atoms with Crippen molar-refractivity contribution in [3.05, 3.63) is 54.2 Å². The van der Waals surface area contributed by atoms with Crippen LogP contribution in [0.15, 0.2) is 41.2 Å². The molecule has 6 saturated carbocycles. The summed E-state index contributed by atoms with van der Waals surface area (Å²) in [4.78, 5) is 26.6. The molecule has 4 bridgehead atoms. The summed E-state index contributed by atoms with van der Waals surface area (Å²) >= 11 is 0. The Hall–Kier alpha value is -3.51. The zero-order valence-electron chi connectivity index (χ0n) is 23.1. The molecular weight excluding hydrogens is 576 g/mol. The number of hydrogen-bond acceptors (Lipinski definition) is 6. The standard InChI is InChI=1S/C30H29F6N5O2/c31-22(32)23-39-24(40-43-23)28-7-4-26(5-8-28,6-9-28)17-41(21(42)11-27-14-29(33,15-27)16-27)20-3-1-2-18(10-20)19-12-37-25(38-13-19)30(34,35)36/h1-3,10,12-13,22H,4-9,11,14-17H2. The lowest BCUT2D eigenvalue weighted by atomic mass is 9.41. The molecule has 0 spiro atoms. The van der Waals surface area contributed by atoms with E-state index in [1.807, 2.05) is 0 Å². The molecule has 13 heteroatoms. The summed E-state index contributed by atoms with van der Waals surface area (Å²) in [6, 6.07) is 7.00. The van der Waals surface area contributed by atoms with Crippen LogP contribution in [0.25, 0.3) is 11.1 Å². The van der Waals surface area contributed by atoms with Crippen molar-refractivity contribution in [2.45, 2.75) is 87.9 Å². The van der Waals surface area contributed by atoms with Crippen molar-refractivity contribution in [3.8, 4) is 11.1 Å². The van der Waals surface area contributed by atoms with Gasteiger partial charge in [0.25, 0.3) is 5.89 Å². The maximum Gasteiger partial charge on any atom is 0.451 e. The average molecular weight is 606 g/mol. The maximum atomic E-state index is 14.3. The van der Waals surface area contributed by atoms with Gasteiger partial charge < -0.3 is 9.42 Å². The summed E-state index contributed by atoms with van der Waals surface area (Å²) in [7, 11) is 0. The predicted octanol–water partition coefficient (Wildman–Crippen LogP) is 7.39. The van der Waals surface area contributed by atoms with E-state index in [0.29, 0.717) is 67.7 Å². The van der Waals surface area contributed by atoms with Crippen LogP contribution in [0.3, 0.4) is 0 Å². The highest BCUT2D eigenvalue weighted by atomic mass is 19.4. The van der Waals surface area contributed by atoms with Gasteiger partial charge in [-0.2, -0.15) is 26.9 Å². The summed E-state index contributed by atoms with van der Waals surface area (Å²) in [5.74, 6) is -1.70. The molecule has 0 saturated heterocycles. The molecule has 6 aliphatic carbocycles. The van der Waals surface area contributed by atoms with Crippen molar-refractivity contribution in [2.75, 3.05) is 11.4 Å². The van der Waals surface area contributed by atoms with Gasteiger partial charge in [-0.1, -0.05) is 17.3 Å². The Morgan fingerprint density at radius 3 is 2.16 bits per heavy atom. The number of nitrogens with zero attached hydrogens (tertiary/aromatic N) is 5. The normalized spacial score (nSPS) is 31.0. The van der Waals surface area contributed by atoms with Crippen LogP contribution >= 0.6 is 0 Å². The zero-order chi connectivity index (χ0) is 30.3. The molecule has 0 unspecified atom stereocenters. The van der Waals surface area contributed by atoms with Crippen LogP contribution in [0.1, 0.15) is 88.2 Å². The molecule has 0 N–H and O–H groups in total. The first-order chi connectivity index (χ1) is 20.3. The molecule has 2 aromatic heterocycles. The van der Waals surface area contributed by atoms with Crippen LogP contribution in [0, 0.1) is 10.8 Å². The van der Waals surface area contributed by atoms with Gasteiger partial charge in [0.15, 0.2) is 5.82 Å². The number of alkyl halides is 6. The second-order valence-corrected chi connectivity index (χ2v) is 13.2. The topological polar surface area (TPSA) is 85.0 Å². The van der Waals surface area contributed by atoms with Gasteiger partial charge in [0.1, 0.15) is 5.67 Å². The molecule has 228 valence electrons. The van der Waals surface area contributed by atoms with Crippen LogP contribution in [-0.2, 0) is 16.4 Å². The van der Waals surface area contributed by atoms with Gasteiger partial charge in [-0.05, 0) is 86.3 Å². The average Bonchev–Trinajstić information content (AvgIpc) is 3.47. The second-order valence-electron chi connectivity index (χ2n) is 13.2. The molecule has 6 fully saturated rings. The zero-order valence-corrected chi connectivity index (χ0v) is 23.1. The molecule has 6 aliphatic rings. The van der Waals surface area contributed by atoms with E-state index >= 15 is 0 Å². The number of carbonyl (C=O) groups excluding carboxylic acids is 1. The monoisotopic (exact) mass is 605 g/mol. The highest BCUT2D eigenvalue weighted by molar-refractivity contribution is 5.95. The van der Waals surface area contributed by atoms with Crippen molar-refractivity contribution in [2.24, 2.45) is 10.8 Å². The maximum absolute atomic E-state index is 14.3. The molecule has 1 aromatic carbocycles. The van der Waals surface area contributed by atoms with Crippen molar-refractivity contribution >= 4 is 11.6 Å². The third kappa shape index (κ3) is 4.88. The van der Waals surface area contributed by atoms with Gasteiger partial charge in [-0.15, -0.1) is 0 Å². The minimum atomic E-state index is -4.66. The van der Waals surface area contributed by atoms with Crippen LogP contribution in [-0.4, -0.2) is 38.2 Å². The van der Waals surface area contributed by atoms with Crippen LogP contribution in [0.2, 0.25) is 0 Å². The molecule has 7 nitrogen and oxygen atoms in total. The number of benzene rings is 1. The Morgan fingerprint density at radius 2 is 1.60 bits per heavy atom. The number of anilines is 1. The third-order valence-electron chi connectivity index (χ3n) is 10.3. The summed E-state index contributed by atoms with van der Waals surface area (Å²) in [5.41, 5.74) is -0.564. The van der Waals surface area contributed by atoms with E-state index in [0.717, 1.165) is 31.7 Å². The number of hydrogen-bond donors (Lipinski definition) is 0. The van der Waals surface area contributed by atoms with E-state index in [-0.39, 0.29) is 23.2 Å². The number of halogens is 6. The highest BCUT2D eigenvalue weighted by Crippen LogP contribution is 2.71. The fourth-order valence-electron chi connectivity index (χ4n) is 7.98. The van der Waals surface area contributed by atoms with Crippen molar-refractivity contribution in [3.63, 3.8) is 0 Å². The van der Waals surface area contributed by atoms with E-state index in [4.69, 9.17) is 4.52 Å². The fourth-order valence-corrected chi connectivity index (χ4v) is 7.98. The quantitative estimate of drug-likeness (QED) is 0.249. The van der Waals surface area contributed by atoms with Crippen molar-refractivity contribution < 1.29 is 35.7 Å². The summed E-state index contributed by atoms with van der Waals surface area (Å²) < 4.78 is 84.2. The number of amides is 1. The third-order valence-corrected chi connectivity index (χ3v) is 10.3. The number of carbonyl (C=O) groups is 1. The number of fused-ring (bicyclic) bond motifs is 3. The minimum Gasteiger partial charge on any atom is -0.333 e. The minimum absolute atomic E-state index is 0.112. The van der Waals surface area contributed by atoms with E-state index < -0.39 is 35.4 Å². The van der Waals surface area contributed by atoms with Crippen molar-refractivity contribution in [1.82, 2.24) is 20.1 Å². The first kappa shape index (κ1) is 28.3. The largest absolute Gasteiger partial charge is 0.451 e. The van der Waals surface area contributed by atoms with Crippen LogP contribution < -0.4 is 4.90 Å². The van der Waals surface area contributed by atoms with E-state index in [1.54, 1.807) is 29.2 Å². The van der Waals surface area contributed by atoms with Gasteiger partial charge in [0.2, 0.25) is 11.7 Å². The Balaban J connectivity index is 1.14. The lowest BCUT2D eigenvalue weighted by molar-refractivity contribution is -0.215. The van der Waals surface area contributed by atoms with E-state index in [1.165, 1.54) is 0 Å². The first-order valence-electron chi connectivity index (χ1n) is 14.4. The van der Waals surface area contributed by atoms with Gasteiger partial charge in [0, 0.05) is 42.0 Å². The molecule has 0 atom stereocenters. The first-order valence-corrected chi connectivity index (χ1v) is 14.4. The molecule has 0 aliphatic heterocycles. The van der Waals surface area contributed by atoms with E-state index in [9.17, 15) is 31.1 Å². The second kappa shape index (κ2) is 9.49. The lowest BCUT2D eigenvalue weighted by Gasteiger charge is -2.66. The Kier molecular flexibility index (Phi) is 6.24. The SMILES string of the molecule is O=C(CC12CC(F)(C1)C2)N(CC12CCC(c3noc(C(F)F)n3)(CC1)CC2)c1cccc(-c2cnc(C(F)(F)F)nc2)c1. The van der Waals surface area contributed by atoms with Crippen molar-refractivity contribution in [1.29, 1.82) is 0 Å². The smallest absolute Gasteiger partial charge is 0.333 e. The van der Waals surface area contributed by atoms with Gasteiger partial charge in [-0.25, -0.2) is 14.4 Å². The fraction of sp³-hybridized carbons (Fsp3) is 0.567. The molecular formula is C30H29F6N5O2. The number of rotatable bonds is 8. The summed E-state index contributed by atoms with van der Waals surface area (Å²) in [6.07, 6.45) is 0.370. The van der Waals surface area contributed by atoms with Gasteiger partial charge in [0.05, 0.1) is 0 Å². The van der Waals surface area contributed by atoms with Crippen LogP contribution in [0.4, 0.5) is 32.0 Å². The molecule has 0 radical (unpaired) electrons. The molecule has 2 heterocycles. The predicted molar refractivity (Wildman–Crippen MR) is 141 cm³/mol. The lowest BCUT2D eigenvalue weighted by Crippen LogP contribution is -2.65. The Bertz CT molecular complexity index is 1510. The molecule has 3 aromatic rings. The molecule has 1 amide bonds. The van der Waals surface area contributed by atoms with Gasteiger partial charge >= 0.3 is 12.6 Å². The summed E-state index contributed by atoms with van der Waals surface area (Å²) in [5, 5.41) is 3.88.